The molecule has 1 heterocycles. The summed E-state index contributed by atoms with van der Waals surface area (Å²) in [4.78, 5) is 3.94. The summed E-state index contributed by atoms with van der Waals surface area (Å²) in [5.74, 6) is -0.402. The van der Waals surface area contributed by atoms with Crippen molar-refractivity contribution in [3.8, 4) is 5.75 Å². The van der Waals surface area contributed by atoms with Gasteiger partial charge in [0.15, 0.2) is 17.4 Å². The van der Waals surface area contributed by atoms with Gasteiger partial charge < -0.3 is 15.7 Å². The maximum atomic E-state index is 13.5. The van der Waals surface area contributed by atoms with Crippen molar-refractivity contribution in [1.82, 2.24) is 4.98 Å². The van der Waals surface area contributed by atoms with Gasteiger partial charge in [-0.15, -0.1) is 0 Å². The van der Waals surface area contributed by atoms with Crippen LogP contribution in [-0.2, 0) is 6.61 Å². The van der Waals surface area contributed by atoms with Crippen LogP contribution in [0.15, 0.2) is 46.2 Å². The molecule has 0 aliphatic rings. The molecule has 0 unspecified atom stereocenters. The molecule has 0 radical (unpaired) electrons. The molecule has 0 aliphatic heterocycles. The Bertz CT molecular complexity index is 649. The first-order valence-electron chi connectivity index (χ1n) is 5.61. The van der Waals surface area contributed by atoms with E-state index in [9.17, 15) is 4.39 Å². The second-order valence-electron chi connectivity index (χ2n) is 3.90. The minimum Gasteiger partial charge on any atom is -0.486 e. The van der Waals surface area contributed by atoms with Gasteiger partial charge in [0.1, 0.15) is 12.3 Å². The van der Waals surface area contributed by atoms with Crippen LogP contribution in [0, 0.1) is 5.82 Å². The Kier molecular flexibility index (Phi) is 4.52. The molecule has 0 spiro atoms. The number of aromatic nitrogens is 1. The highest BCUT2D eigenvalue weighted by molar-refractivity contribution is 9.10. The Morgan fingerprint density at radius 3 is 2.95 bits per heavy atom. The molecule has 2 aromatic rings. The molecule has 104 valence electrons. The van der Waals surface area contributed by atoms with Crippen LogP contribution in [0.25, 0.3) is 0 Å². The van der Waals surface area contributed by atoms with Gasteiger partial charge in [-0.3, -0.25) is 4.98 Å². The molecule has 5 nitrogen and oxygen atoms in total. The lowest BCUT2D eigenvalue weighted by Gasteiger charge is -2.08. The molecule has 0 atom stereocenters. The van der Waals surface area contributed by atoms with Crippen LogP contribution in [0.4, 0.5) is 4.39 Å². The van der Waals surface area contributed by atoms with Crippen molar-refractivity contribution in [2.24, 2.45) is 10.9 Å². The molecule has 0 aliphatic carbocycles. The Labute approximate surface area is 123 Å². The zero-order valence-corrected chi connectivity index (χ0v) is 11.8. The standard InChI is InChI=1S/C13H11BrFN3O2/c14-9-1-2-10(15)12(6-9)20-7-8-3-4-17-11(5-8)13(16)18-19/h1-6,19H,7H2,(H2,16,18). The molecule has 2 rings (SSSR count). The highest BCUT2D eigenvalue weighted by Crippen LogP contribution is 2.23. The van der Waals surface area contributed by atoms with Gasteiger partial charge in [-0.2, -0.15) is 0 Å². The zero-order chi connectivity index (χ0) is 14.5. The predicted molar refractivity (Wildman–Crippen MR) is 75.2 cm³/mol. The van der Waals surface area contributed by atoms with Gasteiger partial charge >= 0.3 is 0 Å². The van der Waals surface area contributed by atoms with E-state index in [1.54, 1.807) is 24.3 Å². The van der Waals surface area contributed by atoms with E-state index in [2.05, 4.69) is 26.1 Å². The van der Waals surface area contributed by atoms with E-state index in [0.717, 1.165) is 10.0 Å². The number of amidine groups is 1. The number of nitrogens with zero attached hydrogens (tertiary/aromatic N) is 2. The van der Waals surface area contributed by atoms with Crippen molar-refractivity contribution < 1.29 is 14.3 Å². The Balaban J connectivity index is 2.13. The molecule has 1 aromatic heterocycles. The van der Waals surface area contributed by atoms with E-state index in [1.807, 2.05) is 0 Å². The monoisotopic (exact) mass is 339 g/mol. The number of oxime groups is 1. The molecule has 0 fully saturated rings. The number of rotatable bonds is 4. The van der Waals surface area contributed by atoms with Crippen molar-refractivity contribution >= 4 is 21.8 Å². The third-order valence-corrected chi connectivity index (χ3v) is 2.98. The van der Waals surface area contributed by atoms with Crippen molar-refractivity contribution in [2.75, 3.05) is 0 Å². The number of hydrogen-bond donors (Lipinski definition) is 2. The van der Waals surface area contributed by atoms with Crippen molar-refractivity contribution in [3.63, 3.8) is 0 Å². The molecule has 7 heteroatoms. The fraction of sp³-hybridized carbons (Fsp3) is 0.0769. The topological polar surface area (TPSA) is 80.7 Å². The number of benzene rings is 1. The van der Waals surface area contributed by atoms with E-state index in [1.165, 1.54) is 12.3 Å². The summed E-state index contributed by atoms with van der Waals surface area (Å²) in [5.41, 5.74) is 6.49. The first kappa shape index (κ1) is 14.3. The van der Waals surface area contributed by atoms with Crippen LogP contribution in [0.5, 0.6) is 5.75 Å². The molecule has 0 amide bonds. The van der Waals surface area contributed by atoms with Crippen molar-refractivity contribution in [2.45, 2.75) is 6.61 Å². The molecule has 0 bridgehead atoms. The van der Waals surface area contributed by atoms with Gasteiger partial charge in [0.2, 0.25) is 0 Å². The highest BCUT2D eigenvalue weighted by atomic mass is 79.9. The van der Waals surface area contributed by atoms with Crippen LogP contribution in [0.3, 0.4) is 0 Å². The van der Waals surface area contributed by atoms with Gasteiger partial charge in [-0.1, -0.05) is 21.1 Å². The number of hydrogen-bond acceptors (Lipinski definition) is 4. The summed E-state index contributed by atoms with van der Waals surface area (Å²) in [6, 6.07) is 7.74. The number of pyridine rings is 1. The van der Waals surface area contributed by atoms with Gasteiger partial charge in [-0.05, 0) is 35.9 Å². The van der Waals surface area contributed by atoms with E-state index >= 15 is 0 Å². The summed E-state index contributed by atoms with van der Waals surface area (Å²) >= 11 is 3.25. The SMILES string of the molecule is N/C(=N/O)c1cc(COc2cc(Br)ccc2F)ccn1. The lowest BCUT2D eigenvalue weighted by Crippen LogP contribution is -2.15. The molecular weight excluding hydrogens is 329 g/mol. The van der Waals surface area contributed by atoms with Crippen molar-refractivity contribution in [3.05, 3.63) is 58.1 Å². The van der Waals surface area contributed by atoms with E-state index in [0.29, 0.717) is 5.69 Å². The van der Waals surface area contributed by atoms with Crippen molar-refractivity contribution in [1.29, 1.82) is 0 Å². The lowest BCUT2D eigenvalue weighted by atomic mass is 10.2. The Morgan fingerprint density at radius 1 is 1.40 bits per heavy atom. The third-order valence-electron chi connectivity index (χ3n) is 2.48. The van der Waals surface area contributed by atoms with Crippen LogP contribution in [0.1, 0.15) is 11.3 Å². The van der Waals surface area contributed by atoms with Gasteiger partial charge in [0.25, 0.3) is 0 Å². The quantitative estimate of drug-likeness (QED) is 0.388. The van der Waals surface area contributed by atoms with Crippen LogP contribution >= 0.6 is 15.9 Å². The first-order chi connectivity index (χ1) is 9.60. The second-order valence-corrected chi connectivity index (χ2v) is 4.81. The molecule has 1 aromatic carbocycles. The lowest BCUT2D eigenvalue weighted by molar-refractivity contribution is 0.290. The van der Waals surface area contributed by atoms with E-state index in [-0.39, 0.29) is 18.2 Å². The highest BCUT2D eigenvalue weighted by Gasteiger charge is 2.06. The average molecular weight is 340 g/mol. The summed E-state index contributed by atoms with van der Waals surface area (Å²) in [6.07, 6.45) is 1.50. The summed E-state index contributed by atoms with van der Waals surface area (Å²) in [7, 11) is 0. The number of ether oxygens (including phenoxy) is 1. The Morgan fingerprint density at radius 2 is 2.20 bits per heavy atom. The Hall–Kier alpha value is -2.15. The third kappa shape index (κ3) is 3.45. The van der Waals surface area contributed by atoms with Crippen LogP contribution in [-0.4, -0.2) is 16.0 Å². The number of halogens is 2. The maximum Gasteiger partial charge on any atom is 0.188 e. The van der Waals surface area contributed by atoms with Gasteiger partial charge in [-0.25, -0.2) is 4.39 Å². The zero-order valence-electron chi connectivity index (χ0n) is 10.3. The molecule has 20 heavy (non-hydrogen) atoms. The smallest absolute Gasteiger partial charge is 0.188 e. The van der Waals surface area contributed by atoms with Crippen LogP contribution in [0.2, 0.25) is 0 Å². The first-order valence-corrected chi connectivity index (χ1v) is 6.40. The van der Waals surface area contributed by atoms with E-state index in [4.69, 9.17) is 15.7 Å². The summed E-state index contributed by atoms with van der Waals surface area (Å²) in [6.45, 7) is 0.140. The second kappa shape index (κ2) is 6.33. The fourth-order valence-electron chi connectivity index (χ4n) is 1.50. The normalized spacial score (nSPS) is 11.4. The van der Waals surface area contributed by atoms with Gasteiger partial charge in [0.05, 0.1) is 0 Å². The molecule has 0 saturated carbocycles. The maximum absolute atomic E-state index is 13.5. The number of nitrogens with two attached hydrogens (primary N) is 1. The molecule has 3 N–H and O–H groups in total. The van der Waals surface area contributed by atoms with E-state index < -0.39 is 5.82 Å². The minimum atomic E-state index is -0.445. The molecule has 0 saturated heterocycles. The summed E-state index contributed by atoms with van der Waals surface area (Å²) < 4.78 is 19.6. The van der Waals surface area contributed by atoms with Crippen LogP contribution < -0.4 is 10.5 Å². The average Bonchev–Trinajstić information content (AvgIpc) is 2.47. The predicted octanol–water partition coefficient (Wildman–Crippen LogP) is 2.66. The summed E-state index contributed by atoms with van der Waals surface area (Å²) in [5, 5.41) is 11.5. The fourth-order valence-corrected chi connectivity index (χ4v) is 1.84. The van der Waals surface area contributed by atoms with Gasteiger partial charge in [0, 0.05) is 10.7 Å². The minimum absolute atomic E-state index is 0.0968. The molecular formula is C13H11BrFN3O2. The largest absolute Gasteiger partial charge is 0.486 e.